The third kappa shape index (κ3) is 1.11. The van der Waals surface area contributed by atoms with Gasteiger partial charge in [-0.1, -0.05) is 0 Å². The highest BCUT2D eigenvalue weighted by atomic mass is 15.4. The number of nitrogens with one attached hydrogen (secondary N) is 1. The summed E-state index contributed by atoms with van der Waals surface area (Å²) in [6.45, 7) is 0. The highest BCUT2D eigenvalue weighted by Crippen LogP contribution is 2.29. The summed E-state index contributed by atoms with van der Waals surface area (Å²) < 4.78 is 0. The molecule has 1 aliphatic heterocycles. The first-order chi connectivity index (χ1) is 7.92. The molecular formula is C7H5N9. The van der Waals surface area contributed by atoms with Crippen LogP contribution < -0.4 is 0 Å². The summed E-state index contributed by atoms with van der Waals surface area (Å²) in [4.78, 5) is 15.8. The van der Waals surface area contributed by atoms with Crippen LogP contribution in [0, 0.1) is 0 Å². The van der Waals surface area contributed by atoms with Crippen molar-refractivity contribution in [3.63, 3.8) is 0 Å². The van der Waals surface area contributed by atoms with Crippen LogP contribution in [-0.4, -0.2) is 36.3 Å². The molecule has 1 aliphatic rings. The number of aromatic amines is 1. The highest BCUT2D eigenvalue weighted by Gasteiger charge is 2.42. The lowest BCUT2D eigenvalue weighted by atomic mass is 10.0. The average Bonchev–Trinajstić information content (AvgIpc) is 3.02. The van der Waals surface area contributed by atoms with Gasteiger partial charge in [0.15, 0.2) is 11.6 Å². The maximum absolute atomic E-state index is 4.03. The highest BCUT2D eigenvalue weighted by molar-refractivity contribution is 5.76. The number of H-pyrrole nitrogens is 1. The summed E-state index contributed by atoms with van der Waals surface area (Å²) in [7, 11) is 0. The molecule has 2 aromatic rings. The van der Waals surface area contributed by atoms with E-state index >= 15 is 0 Å². The second-order valence-electron chi connectivity index (χ2n) is 2.98. The SMILES string of the molecule is C1=NN=NC1(c1ncncn1)c1nc[nH]n1. The molecule has 1 N–H and O–H groups in total. The topological polar surface area (TPSA) is 117 Å². The predicted octanol–water partition coefficient (Wildman–Crippen LogP) is -0.315. The van der Waals surface area contributed by atoms with E-state index in [4.69, 9.17) is 0 Å². The molecule has 9 nitrogen and oxygen atoms in total. The van der Waals surface area contributed by atoms with Crippen molar-refractivity contribution < 1.29 is 0 Å². The van der Waals surface area contributed by atoms with Gasteiger partial charge in [0.25, 0.3) is 0 Å². The fraction of sp³-hybridized carbons (Fsp3) is 0.143. The summed E-state index contributed by atoms with van der Waals surface area (Å²) in [6.07, 6.45) is 5.68. The Morgan fingerprint density at radius 1 is 1.06 bits per heavy atom. The van der Waals surface area contributed by atoms with E-state index in [2.05, 4.69) is 45.6 Å². The van der Waals surface area contributed by atoms with Crippen LogP contribution in [-0.2, 0) is 5.54 Å². The second-order valence-corrected chi connectivity index (χ2v) is 2.98. The monoisotopic (exact) mass is 215 g/mol. The van der Waals surface area contributed by atoms with Crippen molar-refractivity contribution in [3.05, 3.63) is 30.6 Å². The van der Waals surface area contributed by atoms with E-state index in [0.29, 0.717) is 11.6 Å². The molecule has 16 heavy (non-hydrogen) atoms. The molecule has 78 valence electrons. The minimum Gasteiger partial charge on any atom is -0.266 e. The zero-order valence-electron chi connectivity index (χ0n) is 7.89. The molecule has 0 radical (unpaired) electrons. The van der Waals surface area contributed by atoms with Crippen LogP contribution in [0.5, 0.6) is 0 Å². The van der Waals surface area contributed by atoms with E-state index in [1.54, 1.807) is 0 Å². The fourth-order valence-corrected chi connectivity index (χ4v) is 1.37. The van der Waals surface area contributed by atoms with Crippen LogP contribution in [0.3, 0.4) is 0 Å². The van der Waals surface area contributed by atoms with Gasteiger partial charge in [-0.15, -0.1) is 10.2 Å². The van der Waals surface area contributed by atoms with Crippen molar-refractivity contribution in [3.8, 4) is 0 Å². The molecule has 1 atom stereocenters. The van der Waals surface area contributed by atoms with Gasteiger partial charge >= 0.3 is 0 Å². The summed E-state index contributed by atoms with van der Waals surface area (Å²) >= 11 is 0. The zero-order valence-corrected chi connectivity index (χ0v) is 7.89. The van der Waals surface area contributed by atoms with E-state index < -0.39 is 5.54 Å². The summed E-state index contributed by atoms with van der Waals surface area (Å²) in [5, 5.41) is 17.8. The first-order valence-corrected chi connectivity index (χ1v) is 4.37. The van der Waals surface area contributed by atoms with Gasteiger partial charge in [-0.3, -0.25) is 5.10 Å². The normalized spacial score (nSPS) is 22.8. The lowest BCUT2D eigenvalue weighted by Gasteiger charge is -2.14. The molecule has 3 heterocycles. The number of hydrogen-bond acceptors (Lipinski definition) is 8. The maximum Gasteiger partial charge on any atom is 0.240 e. The molecule has 3 rings (SSSR count). The molecule has 0 saturated heterocycles. The maximum atomic E-state index is 4.03. The van der Waals surface area contributed by atoms with Crippen molar-refractivity contribution in [2.24, 2.45) is 15.4 Å². The van der Waals surface area contributed by atoms with Gasteiger partial charge in [0.2, 0.25) is 5.54 Å². The van der Waals surface area contributed by atoms with Crippen LogP contribution >= 0.6 is 0 Å². The smallest absolute Gasteiger partial charge is 0.240 e. The fourth-order valence-electron chi connectivity index (χ4n) is 1.37. The molecule has 0 aromatic carbocycles. The lowest BCUT2D eigenvalue weighted by molar-refractivity contribution is 0.615. The third-order valence-electron chi connectivity index (χ3n) is 2.09. The van der Waals surface area contributed by atoms with Crippen LogP contribution in [0.15, 0.2) is 34.4 Å². The van der Waals surface area contributed by atoms with E-state index in [-0.39, 0.29) is 0 Å². The Hall–Kier alpha value is -2.58. The molecule has 0 amide bonds. The van der Waals surface area contributed by atoms with Crippen molar-refractivity contribution >= 4 is 6.21 Å². The van der Waals surface area contributed by atoms with Crippen LogP contribution in [0.2, 0.25) is 0 Å². The standard InChI is InChI=1S/C7H5N9/c1-7(15-16-12-1,6-11-4-13-14-6)5-9-2-8-3-10-5/h1-4H,(H,11,13,14). The molecule has 2 aromatic heterocycles. The first kappa shape index (κ1) is 8.71. The van der Waals surface area contributed by atoms with E-state index in [0.717, 1.165) is 0 Å². The van der Waals surface area contributed by atoms with Gasteiger partial charge in [-0.2, -0.15) is 5.10 Å². The van der Waals surface area contributed by atoms with E-state index in [1.807, 2.05) is 0 Å². The minimum atomic E-state index is -1.04. The van der Waals surface area contributed by atoms with Crippen molar-refractivity contribution in [1.29, 1.82) is 0 Å². The number of nitrogens with zero attached hydrogens (tertiary/aromatic N) is 8. The molecular weight excluding hydrogens is 210 g/mol. The Balaban J connectivity index is 2.19. The van der Waals surface area contributed by atoms with Gasteiger partial charge in [-0.05, 0) is 5.22 Å². The Bertz CT molecular complexity index is 516. The van der Waals surface area contributed by atoms with E-state index in [9.17, 15) is 0 Å². The molecule has 0 bridgehead atoms. The minimum absolute atomic E-state index is 0.382. The van der Waals surface area contributed by atoms with Crippen LogP contribution in [0.4, 0.5) is 0 Å². The average molecular weight is 215 g/mol. The molecule has 1 unspecified atom stereocenters. The second kappa shape index (κ2) is 3.22. The van der Waals surface area contributed by atoms with Gasteiger partial charge in [0, 0.05) is 0 Å². The molecule has 0 aliphatic carbocycles. The largest absolute Gasteiger partial charge is 0.266 e. The molecule has 0 saturated carbocycles. The molecule has 0 fully saturated rings. The molecule has 0 spiro atoms. The predicted molar refractivity (Wildman–Crippen MR) is 50.3 cm³/mol. The zero-order chi connectivity index (χ0) is 10.8. The van der Waals surface area contributed by atoms with Crippen molar-refractivity contribution in [2.75, 3.05) is 0 Å². The van der Waals surface area contributed by atoms with Gasteiger partial charge in [0.1, 0.15) is 19.0 Å². The summed E-state index contributed by atoms with van der Waals surface area (Å²) in [5.74, 6) is 0.774. The van der Waals surface area contributed by atoms with Gasteiger partial charge in [-0.25, -0.2) is 19.9 Å². The quantitative estimate of drug-likeness (QED) is 0.736. The number of aromatic nitrogens is 6. The Labute approximate surface area is 88.8 Å². The lowest BCUT2D eigenvalue weighted by Crippen LogP contribution is -2.29. The summed E-state index contributed by atoms with van der Waals surface area (Å²) in [6, 6.07) is 0. The number of rotatable bonds is 2. The van der Waals surface area contributed by atoms with Crippen molar-refractivity contribution in [1.82, 2.24) is 30.1 Å². The van der Waals surface area contributed by atoms with Crippen LogP contribution in [0.1, 0.15) is 11.6 Å². The summed E-state index contributed by atoms with van der Waals surface area (Å²) in [5.41, 5.74) is -1.04. The van der Waals surface area contributed by atoms with Gasteiger partial charge in [0.05, 0.1) is 6.21 Å². The Morgan fingerprint density at radius 2 is 1.94 bits per heavy atom. The molecule has 9 heteroatoms. The van der Waals surface area contributed by atoms with Gasteiger partial charge < -0.3 is 0 Å². The van der Waals surface area contributed by atoms with E-state index in [1.165, 1.54) is 25.2 Å². The Morgan fingerprint density at radius 3 is 2.56 bits per heavy atom. The number of hydrogen-bond donors (Lipinski definition) is 1. The van der Waals surface area contributed by atoms with Crippen LogP contribution in [0.25, 0.3) is 0 Å². The van der Waals surface area contributed by atoms with Crippen molar-refractivity contribution in [2.45, 2.75) is 5.54 Å². The third-order valence-corrected chi connectivity index (χ3v) is 2.09. The first-order valence-electron chi connectivity index (χ1n) is 4.37. The Kier molecular flexibility index (Phi) is 1.75.